The van der Waals surface area contributed by atoms with Gasteiger partial charge in [-0.25, -0.2) is 4.79 Å². The van der Waals surface area contributed by atoms with Crippen molar-refractivity contribution in [3.8, 4) is 5.75 Å². The molecule has 0 spiro atoms. The molecule has 3 amide bonds. The minimum Gasteiger partial charge on any atom is -0.508 e. The van der Waals surface area contributed by atoms with Crippen LogP contribution in [0.25, 0.3) is 0 Å². The van der Waals surface area contributed by atoms with E-state index in [1.807, 2.05) is 0 Å². The van der Waals surface area contributed by atoms with Crippen molar-refractivity contribution in [1.82, 2.24) is 16.0 Å². The van der Waals surface area contributed by atoms with Gasteiger partial charge in [0.25, 0.3) is 0 Å². The highest BCUT2D eigenvalue weighted by Crippen LogP contribution is 2.12. The van der Waals surface area contributed by atoms with Crippen molar-refractivity contribution < 1.29 is 44.4 Å². The third-order valence-corrected chi connectivity index (χ3v) is 6.01. The molecule has 0 saturated heterocycles. The topological polar surface area (TPSA) is 228 Å². The number of nitrogens with one attached hydrogen (secondary N) is 3. The lowest BCUT2D eigenvalue weighted by Gasteiger charge is -2.25. The van der Waals surface area contributed by atoms with Gasteiger partial charge < -0.3 is 42.1 Å². The smallest absolute Gasteiger partial charge is 0.326 e. The molecule has 9 N–H and O–H groups in total. The first-order valence-electron chi connectivity index (χ1n) is 12.5. The summed E-state index contributed by atoms with van der Waals surface area (Å²) in [6.45, 7) is 1.31. The molecule has 0 aliphatic rings. The van der Waals surface area contributed by atoms with Crippen LogP contribution in [0.5, 0.6) is 5.75 Å². The second kappa shape index (κ2) is 15.2. The molecule has 5 unspecified atom stereocenters. The van der Waals surface area contributed by atoms with Crippen molar-refractivity contribution in [2.24, 2.45) is 5.73 Å². The molecule has 0 fully saturated rings. The van der Waals surface area contributed by atoms with Crippen LogP contribution in [-0.2, 0) is 36.8 Å². The van der Waals surface area contributed by atoms with Crippen LogP contribution in [0.4, 0.5) is 0 Å². The number of carbonyl (C=O) groups is 5. The number of carboxylic acids is 2. The number of aliphatic carboxylic acids is 2. The molecule has 40 heavy (non-hydrogen) atoms. The molecule has 13 heteroatoms. The van der Waals surface area contributed by atoms with Crippen molar-refractivity contribution >= 4 is 29.7 Å². The highest BCUT2D eigenvalue weighted by Gasteiger charge is 2.31. The van der Waals surface area contributed by atoms with Crippen molar-refractivity contribution in [2.75, 3.05) is 0 Å². The first-order valence-corrected chi connectivity index (χ1v) is 12.5. The van der Waals surface area contributed by atoms with Crippen molar-refractivity contribution in [3.63, 3.8) is 0 Å². The van der Waals surface area contributed by atoms with Crippen LogP contribution in [0.15, 0.2) is 54.6 Å². The van der Waals surface area contributed by atoms with Crippen molar-refractivity contribution in [1.29, 1.82) is 0 Å². The van der Waals surface area contributed by atoms with Crippen LogP contribution >= 0.6 is 0 Å². The Balaban J connectivity index is 2.24. The molecule has 216 valence electrons. The molecule has 0 heterocycles. The molecule has 13 nitrogen and oxygen atoms in total. The Labute approximate surface area is 230 Å². The number of aliphatic hydroxyl groups is 1. The van der Waals surface area contributed by atoms with E-state index in [4.69, 9.17) is 10.8 Å². The quantitative estimate of drug-likeness (QED) is 0.137. The Hall–Kier alpha value is -4.49. The number of carboxylic acid groups (broad SMARTS) is 2. The maximum Gasteiger partial charge on any atom is 0.326 e. The summed E-state index contributed by atoms with van der Waals surface area (Å²) in [5, 5.41) is 45.1. The summed E-state index contributed by atoms with van der Waals surface area (Å²) in [6.07, 6.45) is -2.26. The summed E-state index contributed by atoms with van der Waals surface area (Å²) in [5.41, 5.74) is 6.84. The number of hydrogen-bond acceptors (Lipinski definition) is 8. The van der Waals surface area contributed by atoms with Gasteiger partial charge in [-0.1, -0.05) is 42.5 Å². The number of nitrogens with two attached hydrogens (primary N) is 1. The predicted molar refractivity (Wildman–Crippen MR) is 142 cm³/mol. The first-order chi connectivity index (χ1) is 18.9. The van der Waals surface area contributed by atoms with Gasteiger partial charge in [-0.3, -0.25) is 19.2 Å². The zero-order valence-corrected chi connectivity index (χ0v) is 21.8. The molecular formula is C27H34N4O9. The number of aliphatic hydroxyl groups excluding tert-OH is 1. The van der Waals surface area contributed by atoms with Crippen molar-refractivity contribution in [2.45, 2.75) is 62.9 Å². The van der Waals surface area contributed by atoms with Gasteiger partial charge in [0.2, 0.25) is 17.7 Å². The Morgan fingerprint density at radius 2 is 1.25 bits per heavy atom. The van der Waals surface area contributed by atoms with Gasteiger partial charge in [0, 0.05) is 19.3 Å². The fraction of sp³-hybridized carbons (Fsp3) is 0.370. The number of amides is 3. The zero-order valence-electron chi connectivity index (χ0n) is 21.8. The van der Waals surface area contributed by atoms with E-state index >= 15 is 0 Å². The molecular weight excluding hydrogens is 524 g/mol. The van der Waals surface area contributed by atoms with E-state index in [2.05, 4.69) is 16.0 Å². The monoisotopic (exact) mass is 558 g/mol. The summed E-state index contributed by atoms with van der Waals surface area (Å²) < 4.78 is 0. The Morgan fingerprint density at radius 1 is 0.750 bits per heavy atom. The van der Waals surface area contributed by atoms with E-state index in [-0.39, 0.29) is 25.0 Å². The summed E-state index contributed by atoms with van der Waals surface area (Å²) in [6, 6.07) is 8.81. The molecule has 2 aromatic rings. The molecule has 0 bridgehead atoms. The SMILES string of the molecule is CC(O)C(N)C(=O)NC(Cc1ccccc1)C(=O)NC(CCC(=O)O)C(=O)NC(Cc1ccc(O)cc1)C(=O)O. The number of phenolic OH excluding ortho intramolecular Hbond substituents is 1. The predicted octanol–water partition coefficient (Wildman–Crippen LogP) is -0.711. The lowest BCUT2D eigenvalue weighted by Crippen LogP contribution is -2.58. The van der Waals surface area contributed by atoms with Crippen LogP contribution in [0.3, 0.4) is 0 Å². The van der Waals surface area contributed by atoms with E-state index in [0.29, 0.717) is 11.1 Å². The van der Waals surface area contributed by atoms with Crippen LogP contribution in [0, 0.1) is 0 Å². The van der Waals surface area contributed by atoms with E-state index in [1.54, 1.807) is 30.3 Å². The van der Waals surface area contributed by atoms with Crippen LogP contribution in [0.1, 0.15) is 30.9 Å². The van der Waals surface area contributed by atoms with Gasteiger partial charge in [0.15, 0.2) is 0 Å². The third kappa shape index (κ3) is 10.3. The van der Waals surface area contributed by atoms with Crippen molar-refractivity contribution in [3.05, 3.63) is 65.7 Å². The third-order valence-electron chi connectivity index (χ3n) is 6.01. The Morgan fingerprint density at radius 3 is 1.80 bits per heavy atom. The maximum atomic E-state index is 13.3. The molecule has 0 aliphatic carbocycles. The fourth-order valence-electron chi connectivity index (χ4n) is 3.70. The van der Waals surface area contributed by atoms with E-state index in [1.165, 1.54) is 31.2 Å². The average molecular weight is 559 g/mol. The van der Waals surface area contributed by atoms with Gasteiger partial charge in [-0.2, -0.15) is 0 Å². The number of hydrogen-bond donors (Lipinski definition) is 8. The number of carbonyl (C=O) groups excluding carboxylic acids is 3. The van der Waals surface area contributed by atoms with Gasteiger partial charge in [0.05, 0.1) is 6.10 Å². The van der Waals surface area contributed by atoms with Gasteiger partial charge in [-0.05, 0) is 36.6 Å². The van der Waals surface area contributed by atoms with Gasteiger partial charge >= 0.3 is 11.9 Å². The highest BCUT2D eigenvalue weighted by molar-refractivity contribution is 5.94. The van der Waals surface area contributed by atoms with E-state index in [9.17, 15) is 39.3 Å². The van der Waals surface area contributed by atoms with E-state index in [0.717, 1.165) is 0 Å². The lowest BCUT2D eigenvalue weighted by atomic mass is 10.0. The van der Waals surface area contributed by atoms with Crippen LogP contribution < -0.4 is 21.7 Å². The molecule has 0 aromatic heterocycles. The minimum absolute atomic E-state index is 0.0170. The average Bonchev–Trinajstić information content (AvgIpc) is 2.90. The standard InChI is InChI=1S/C27H34N4O9/c1-15(32)23(28)26(38)30-20(13-16-5-3-2-4-6-16)25(37)29-19(11-12-22(34)35)24(36)31-21(27(39)40)14-17-7-9-18(33)10-8-17/h2-10,15,19-21,23,32-33H,11-14,28H2,1H3,(H,29,37)(H,30,38)(H,31,36)(H,34,35)(H,39,40). The number of benzene rings is 2. The second-order valence-corrected chi connectivity index (χ2v) is 9.28. The molecule has 0 aliphatic heterocycles. The minimum atomic E-state index is -1.45. The normalized spacial score (nSPS) is 14.6. The zero-order chi connectivity index (χ0) is 29.8. The van der Waals surface area contributed by atoms with Gasteiger partial charge in [-0.15, -0.1) is 0 Å². The summed E-state index contributed by atoms with van der Waals surface area (Å²) in [4.78, 5) is 62.0. The Kier molecular flexibility index (Phi) is 12.0. The van der Waals surface area contributed by atoms with Crippen LogP contribution in [0.2, 0.25) is 0 Å². The molecule has 5 atom stereocenters. The fourth-order valence-corrected chi connectivity index (χ4v) is 3.70. The molecule has 0 saturated carbocycles. The second-order valence-electron chi connectivity index (χ2n) is 9.28. The molecule has 0 radical (unpaired) electrons. The van der Waals surface area contributed by atoms with Crippen LogP contribution in [-0.4, -0.2) is 80.4 Å². The van der Waals surface area contributed by atoms with E-state index < -0.39 is 66.4 Å². The number of phenols is 1. The molecule has 2 rings (SSSR count). The lowest BCUT2D eigenvalue weighted by molar-refractivity contribution is -0.143. The summed E-state index contributed by atoms with van der Waals surface area (Å²) in [7, 11) is 0. The number of rotatable bonds is 15. The molecule has 2 aromatic carbocycles. The van der Waals surface area contributed by atoms with Gasteiger partial charge in [0.1, 0.15) is 29.9 Å². The summed E-state index contributed by atoms with van der Waals surface area (Å²) in [5.74, 6) is -5.24. The summed E-state index contributed by atoms with van der Waals surface area (Å²) >= 11 is 0. The first kappa shape index (κ1) is 31.7. The Bertz CT molecular complexity index is 1170. The maximum absolute atomic E-state index is 13.3. The highest BCUT2D eigenvalue weighted by atomic mass is 16.4. The largest absolute Gasteiger partial charge is 0.508 e. The number of aromatic hydroxyl groups is 1.